The number of aliphatic hydroxyl groups excluding tert-OH is 5. The third-order valence-electron chi connectivity index (χ3n) is 11.0. The molecule has 0 saturated carbocycles. The summed E-state index contributed by atoms with van der Waals surface area (Å²) in [5.74, 6) is -0.217. The smallest absolute Gasteiger partial charge is 0.220 e. The largest absolute Gasteiger partial charge is 0.394 e. The number of ether oxygens (including phenoxy) is 2. The van der Waals surface area contributed by atoms with E-state index in [1.807, 2.05) is 6.08 Å². The van der Waals surface area contributed by atoms with Gasteiger partial charge in [-0.1, -0.05) is 180 Å². The highest BCUT2D eigenvalue weighted by atomic mass is 16.7. The average molecular weight is 906 g/mol. The summed E-state index contributed by atoms with van der Waals surface area (Å²) in [7, 11) is 0. The van der Waals surface area contributed by atoms with Gasteiger partial charge in [0.2, 0.25) is 5.91 Å². The van der Waals surface area contributed by atoms with Gasteiger partial charge in [0.25, 0.3) is 0 Å². The minimum Gasteiger partial charge on any atom is -0.394 e. The molecule has 7 unspecified atom stereocenters. The molecule has 0 aliphatic carbocycles. The predicted octanol–water partition coefficient (Wildman–Crippen LogP) is 11.6. The molecule has 1 aliphatic heterocycles. The summed E-state index contributed by atoms with van der Waals surface area (Å²) in [6.45, 7) is 3.59. The van der Waals surface area contributed by atoms with Crippen LogP contribution in [0.25, 0.3) is 0 Å². The first-order chi connectivity index (χ1) is 31.8. The van der Waals surface area contributed by atoms with E-state index in [1.54, 1.807) is 6.08 Å². The van der Waals surface area contributed by atoms with E-state index in [0.29, 0.717) is 12.8 Å². The number of carbonyl (C=O) groups excluding carboxylic acids is 1. The van der Waals surface area contributed by atoms with Crippen molar-refractivity contribution in [1.29, 1.82) is 0 Å². The van der Waals surface area contributed by atoms with E-state index in [2.05, 4.69) is 129 Å². The van der Waals surface area contributed by atoms with Gasteiger partial charge in [0.1, 0.15) is 24.4 Å². The van der Waals surface area contributed by atoms with Crippen molar-refractivity contribution in [1.82, 2.24) is 5.32 Å². The number of unbranched alkanes of at least 4 members (excludes halogenated alkanes) is 12. The summed E-state index contributed by atoms with van der Waals surface area (Å²) in [5.41, 5.74) is 0. The van der Waals surface area contributed by atoms with Gasteiger partial charge in [-0.2, -0.15) is 0 Å². The predicted molar refractivity (Wildman–Crippen MR) is 271 cm³/mol. The van der Waals surface area contributed by atoms with Crippen LogP contribution >= 0.6 is 0 Å². The Labute approximate surface area is 395 Å². The first kappa shape index (κ1) is 59.6. The van der Waals surface area contributed by atoms with Crippen LogP contribution in [-0.2, 0) is 14.3 Å². The number of hydrogen-bond acceptors (Lipinski definition) is 8. The van der Waals surface area contributed by atoms with Crippen molar-refractivity contribution in [2.24, 2.45) is 0 Å². The van der Waals surface area contributed by atoms with Gasteiger partial charge in [-0.05, 0) is 103 Å². The third-order valence-corrected chi connectivity index (χ3v) is 11.0. The minimum atomic E-state index is -1.59. The summed E-state index contributed by atoms with van der Waals surface area (Å²) in [6, 6.07) is -0.847. The summed E-state index contributed by atoms with van der Waals surface area (Å²) in [5, 5.41) is 54.2. The molecular formula is C56H91NO8. The van der Waals surface area contributed by atoms with Crippen LogP contribution in [0.3, 0.4) is 0 Å². The van der Waals surface area contributed by atoms with Gasteiger partial charge in [0.15, 0.2) is 6.29 Å². The van der Waals surface area contributed by atoms with E-state index in [-0.39, 0.29) is 12.5 Å². The quantitative estimate of drug-likeness (QED) is 0.0263. The molecule has 1 saturated heterocycles. The monoisotopic (exact) mass is 906 g/mol. The number of rotatable bonds is 40. The maximum Gasteiger partial charge on any atom is 0.220 e. The van der Waals surface area contributed by atoms with Crippen molar-refractivity contribution >= 4 is 5.91 Å². The topological polar surface area (TPSA) is 149 Å². The fourth-order valence-corrected chi connectivity index (χ4v) is 6.99. The SMILES string of the molecule is CC/C=C\C/C=C\C/C=C\C/C=C\C/C=C\C/C=C\C/C=C\CCCCCCCC(=O)NC(COC1OC(CO)C(O)C(O)C1O)C(O)/C=C/CC/C=C/CC/C=C/CCCCCCC. The van der Waals surface area contributed by atoms with Crippen molar-refractivity contribution in [2.75, 3.05) is 13.2 Å². The Kier molecular flexibility index (Phi) is 40.7. The number of allylic oxidation sites excluding steroid dienone is 19. The Morgan fingerprint density at radius 1 is 0.538 bits per heavy atom. The molecule has 9 heteroatoms. The van der Waals surface area contributed by atoms with Crippen LogP contribution in [-0.4, -0.2) is 87.5 Å². The lowest BCUT2D eigenvalue weighted by Crippen LogP contribution is -2.60. The highest BCUT2D eigenvalue weighted by Crippen LogP contribution is 2.22. The Morgan fingerprint density at radius 2 is 0.969 bits per heavy atom. The molecule has 0 radical (unpaired) electrons. The summed E-state index contributed by atoms with van der Waals surface area (Å²) >= 11 is 0. The zero-order valence-corrected chi connectivity index (χ0v) is 40.4. The molecule has 0 aromatic carbocycles. The molecule has 1 aliphatic rings. The molecule has 7 atom stereocenters. The van der Waals surface area contributed by atoms with Crippen LogP contribution in [0.15, 0.2) is 122 Å². The number of carbonyl (C=O) groups is 1. The normalized spacial score (nSPS) is 21.0. The van der Waals surface area contributed by atoms with Crippen LogP contribution < -0.4 is 5.32 Å². The van der Waals surface area contributed by atoms with E-state index in [1.165, 1.54) is 32.1 Å². The van der Waals surface area contributed by atoms with Gasteiger partial charge < -0.3 is 40.3 Å². The summed E-state index contributed by atoms with van der Waals surface area (Å²) in [4.78, 5) is 13.0. The fraction of sp³-hybridized carbons (Fsp3) is 0.625. The molecule has 0 aromatic heterocycles. The number of amides is 1. The summed E-state index contributed by atoms with van der Waals surface area (Å²) in [6.07, 6.45) is 59.5. The maximum absolute atomic E-state index is 13.0. The molecule has 1 amide bonds. The van der Waals surface area contributed by atoms with E-state index >= 15 is 0 Å². The lowest BCUT2D eigenvalue weighted by atomic mass is 9.99. The van der Waals surface area contributed by atoms with Crippen molar-refractivity contribution < 1.29 is 39.8 Å². The molecular weight excluding hydrogens is 815 g/mol. The molecule has 65 heavy (non-hydrogen) atoms. The Hall–Kier alpha value is -3.41. The van der Waals surface area contributed by atoms with Crippen LogP contribution in [0.5, 0.6) is 0 Å². The number of hydrogen-bond donors (Lipinski definition) is 6. The average Bonchev–Trinajstić information content (AvgIpc) is 3.31. The van der Waals surface area contributed by atoms with Crippen LogP contribution in [0.4, 0.5) is 0 Å². The van der Waals surface area contributed by atoms with E-state index < -0.39 is 49.5 Å². The maximum atomic E-state index is 13.0. The van der Waals surface area contributed by atoms with Gasteiger partial charge >= 0.3 is 0 Å². The second-order valence-electron chi connectivity index (χ2n) is 16.9. The Morgan fingerprint density at radius 3 is 1.48 bits per heavy atom. The molecule has 1 rings (SSSR count). The van der Waals surface area contributed by atoms with Gasteiger partial charge in [0, 0.05) is 6.42 Å². The van der Waals surface area contributed by atoms with E-state index in [0.717, 1.165) is 109 Å². The van der Waals surface area contributed by atoms with Crippen molar-refractivity contribution in [2.45, 2.75) is 211 Å². The van der Waals surface area contributed by atoms with Gasteiger partial charge in [-0.15, -0.1) is 0 Å². The zero-order valence-electron chi connectivity index (χ0n) is 40.4. The van der Waals surface area contributed by atoms with Crippen molar-refractivity contribution in [3.8, 4) is 0 Å². The van der Waals surface area contributed by atoms with Gasteiger partial charge in [-0.25, -0.2) is 0 Å². The lowest BCUT2D eigenvalue weighted by molar-refractivity contribution is -0.302. The molecule has 9 nitrogen and oxygen atoms in total. The van der Waals surface area contributed by atoms with E-state index in [9.17, 15) is 30.3 Å². The van der Waals surface area contributed by atoms with Gasteiger partial charge in [-0.3, -0.25) is 4.79 Å². The first-order valence-corrected chi connectivity index (χ1v) is 25.3. The highest BCUT2D eigenvalue weighted by molar-refractivity contribution is 5.76. The minimum absolute atomic E-state index is 0.217. The van der Waals surface area contributed by atoms with Crippen molar-refractivity contribution in [3.05, 3.63) is 122 Å². The molecule has 1 heterocycles. The molecule has 0 bridgehead atoms. The first-order valence-electron chi connectivity index (χ1n) is 25.3. The number of aliphatic hydroxyl groups is 5. The molecule has 0 aromatic rings. The highest BCUT2D eigenvalue weighted by Gasteiger charge is 2.44. The third kappa shape index (κ3) is 34.5. The number of nitrogens with one attached hydrogen (secondary N) is 1. The molecule has 1 fully saturated rings. The second-order valence-corrected chi connectivity index (χ2v) is 16.9. The fourth-order valence-electron chi connectivity index (χ4n) is 6.99. The van der Waals surface area contributed by atoms with Crippen LogP contribution in [0.1, 0.15) is 168 Å². The lowest BCUT2D eigenvalue weighted by Gasteiger charge is -2.40. The van der Waals surface area contributed by atoms with Gasteiger partial charge in [0.05, 0.1) is 25.4 Å². The van der Waals surface area contributed by atoms with E-state index in [4.69, 9.17) is 9.47 Å². The Bertz CT molecular complexity index is 1420. The Balaban J connectivity index is 2.34. The van der Waals surface area contributed by atoms with Crippen LogP contribution in [0, 0.1) is 0 Å². The second kappa shape index (κ2) is 44.4. The summed E-state index contributed by atoms with van der Waals surface area (Å²) < 4.78 is 11.2. The molecule has 368 valence electrons. The molecule has 6 N–H and O–H groups in total. The molecule has 0 spiro atoms. The standard InChI is InChI=1S/C56H91NO8/c1-3-5-7-9-11-13-15-17-19-20-21-22-23-24-25-26-27-28-29-30-32-34-36-38-40-42-44-46-52(60)57-49(48-64-56-55(63)54(62)53(61)51(47-58)65-56)50(59)45-43-41-39-37-35-33-31-18-16-14-12-10-8-6-4-2/h5,7,11,13,16-19,21-22,24-25,27-28,30,32,35,37,43,45,49-51,53-56,58-59,61-63H,3-4,6,8-10,12,14-15,20,23,26,29,31,33-34,36,38-42,44,46-48H2,1-2H3,(H,57,60)/b7-5-,13-11-,18-16+,19-17-,22-21-,25-24-,28-27-,32-30-,37-35+,45-43+. The van der Waals surface area contributed by atoms with Crippen molar-refractivity contribution in [3.63, 3.8) is 0 Å². The van der Waals surface area contributed by atoms with Crippen LogP contribution in [0.2, 0.25) is 0 Å². The zero-order chi connectivity index (χ0) is 47.3.